The lowest BCUT2D eigenvalue weighted by Gasteiger charge is -2.37. The maximum absolute atomic E-state index is 4.52. The Labute approximate surface area is 288 Å². The van der Waals surface area contributed by atoms with E-state index >= 15 is 0 Å². The minimum absolute atomic E-state index is 0. The van der Waals surface area contributed by atoms with Crippen LogP contribution in [0.25, 0.3) is 21.8 Å². The molecule has 2 aromatic carbocycles. The first-order chi connectivity index (χ1) is 21.6. The van der Waals surface area contributed by atoms with Gasteiger partial charge in [0.25, 0.3) is 0 Å². The molecule has 10 nitrogen and oxygen atoms in total. The summed E-state index contributed by atoms with van der Waals surface area (Å²) in [6.45, 7) is 11.4. The van der Waals surface area contributed by atoms with Crippen molar-refractivity contribution in [3.05, 3.63) is 60.9 Å². The molecule has 0 amide bonds. The third kappa shape index (κ3) is 7.90. The number of thioether (sulfide) groups is 1. The van der Waals surface area contributed by atoms with Crippen molar-refractivity contribution in [1.29, 1.82) is 0 Å². The Hall–Kier alpha value is -2.94. The summed E-state index contributed by atoms with van der Waals surface area (Å²) in [5.41, 5.74) is 5.68. The van der Waals surface area contributed by atoms with E-state index in [-0.39, 0.29) is 24.0 Å². The Kier molecular flexibility index (Phi) is 11.9. The predicted octanol–water partition coefficient (Wildman–Crippen LogP) is 3.77. The average Bonchev–Trinajstić information content (AvgIpc) is 3.91. The second-order valence-corrected chi connectivity index (χ2v) is 12.4. The van der Waals surface area contributed by atoms with E-state index in [9.17, 15) is 0 Å². The van der Waals surface area contributed by atoms with Crippen LogP contribution in [0.4, 0.5) is 11.4 Å². The number of rotatable bonds is 3. The van der Waals surface area contributed by atoms with Crippen LogP contribution in [-0.4, -0.2) is 110 Å². The van der Waals surface area contributed by atoms with Gasteiger partial charge in [0.1, 0.15) is 5.50 Å². The molecule has 4 aliphatic rings. The largest absolute Gasteiger partial charge is 0.368 e. The number of hydrogen-bond donors (Lipinski definition) is 3. The van der Waals surface area contributed by atoms with Gasteiger partial charge in [-0.3, -0.25) is 15.3 Å². The number of aryl methyl sites for hydroxylation is 2. The molecule has 3 N–H and O–H groups in total. The fourth-order valence-corrected chi connectivity index (χ4v) is 6.76. The number of aromatic nitrogens is 2. The molecule has 2 fully saturated rings. The van der Waals surface area contributed by atoms with Crippen LogP contribution in [0.5, 0.6) is 0 Å². The number of fused-ring (bicyclic) bond motifs is 2. The normalized spacial score (nSPS) is 19.4. The Morgan fingerprint density at radius 2 is 1.31 bits per heavy atom. The Morgan fingerprint density at radius 1 is 0.733 bits per heavy atom. The predicted molar refractivity (Wildman–Crippen MR) is 204 cm³/mol. The SMILES string of the molecule is CSC1N=CCN1.Cn1ccc2c(N3CCN(C4=NCCN4)CC3)cccc21.Cn1ccc2c(N3CCNCC3)cccc21.I. The number of nitrogens with one attached hydrogen (secondary N) is 3. The molecule has 0 aliphatic carbocycles. The van der Waals surface area contributed by atoms with Gasteiger partial charge in [-0.05, 0) is 42.7 Å². The van der Waals surface area contributed by atoms with Crippen molar-refractivity contribution in [2.45, 2.75) is 5.50 Å². The summed E-state index contributed by atoms with van der Waals surface area (Å²) in [5, 5.41) is 12.6. The number of benzene rings is 2. The molecule has 0 saturated carbocycles. The highest BCUT2D eigenvalue weighted by atomic mass is 127. The lowest BCUT2D eigenvalue weighted by molar-refractivity contribution is 0.378. The van der Waals surface area contributed by atoms with Crippen molar-refractivity contribution in [3.63, 3.8) is 0 Å². The molecule has 0 bridgehead atoms. The van der Waals surface area contributed by atoms with Crippen LogP contribution in [0.15, 0.2) is 70.9 Å². The molecule has 12 heteroatoms. The smallest absolute Gasteiger partial charge is 0.194 e. The lowest BCUT2D eigenvalue weighted by atomic mass is 10.1. The van der Waals surface area contributed by atoms with Gasteiger partial charge < -0.3 is 34.5 Å². The third-order valence-corrected chi connectivity index (χ3v) is 9.43. The van der Waals surface area contributed by atoms with Gasteiger partial charge in [-0.2, -0.15) is 0 Å². The molecular weight excluding hydrogens is 695 g/mol. The van der Waals surface area contributed by atoms with E-state index in [1.165, 1.54) is 33.2 Å². The second-order valence-electron chi connectivity index (χ2n) is 11.4. The van der Waals surface area contributed by atoms with E-state index in [2.05, 4.69) is 125 Å². The Balaban J connectivity index is 0.000000147. The number of halogens is 1. The molecule has 0 radical (unpaired) electrons. The summed E-state index contributed by atoms with van der Waals surface area (Å²) in [4.78, 5) is 15.9. The zero-order valence-electron chi connectivity index (χ0n) is 26.7. The third-order valence-electron chi connectivity index (χ3n) is 8.69. The van der Waals surface area contributed by atoms with Crippen molar-refractivity contribution < 1.29 is 0 Å². The van der Waals surface area contributed by atoms with E-state index in [0.717, 1.165) is 78.0 Å². The fourth-order valence-electron chi connectivity index (χ4n) is 6.28. The monoisotopic (exact) mass is 742 g/mol. The Bertz CT molecular complexity index is 1580. The fraction of sp³-hybridized carbons (Fsp3) is 0.455. The van der Waals surface area contributed by atoms with Crippen LogP contribution in [0.3, 0.4) is 0 Å². The van der Waals surface area contributed by atoms with E-state index < -0.39 is 0 Å². The van der Waals surface area contributed by atoms with Crippen LogP contribution in [0.2, 0.25) is 0 Å². The molecule has 1 atom stereocenters. The zero-order chi connectivity index (χ0) is 30.3. The van der Waals surface area contributed by atoms with Crippen LogP contribution < -0.4 is 25.8 Å². The molecular formula is C33H47IN10S. The summed E-state index contributed by atoms with van der Waals surface area (Å²) >= 11 is 1.72. The van der Waals surface area contributed by atoms with Gasteiger partial charge in [0.2, 0.25) is 0 Å². The van der Waals surface area contributed by atoms with Crippen molar-refractivity contribution in [2.24, 2.45) is 24.1 Å². The van der Waals surface area contributed by atoms with E-state index in [0.29, 0.717) is 5.50 Å². The minimum atomic E-state index is 0. The molecule has 1 unspecified atom stereocenters. The standard InChI is InChI=1S/C16H21N5.C13H17N3.C4H8N2S.HI/c1-19-8-5-13-14(19)3-2-4-15(13)20-9-11-21(12-10-20)16-17-6-7-18-16;1-15-8-5-11-12(15)3-2-4-13(11)16-9-6-14-7-10-16;1-7-4-5-2-3-6-4;/h2-5,8H,6-7,9-12H2,1H3,(H,17,18);2-5,8,14H,6-7,9-10H2,1H3;2,4,6H,3H2,1H3;1H. The number of nitrogens with zero attached hydrogens (tertiary/aromatic N) is 7. The van der Waals surface area contributed by atoms with Crippen LogP contribution >= 0.6 is 35.7 Å². The van der Waals surface area contributed by atoms with Gasteiger partial charge in [-0.1, -0.05) is 12.1 Å². The van der Waals surface area contributed by atoms with Crippen molar-refractivity contribution in [2.75, 3.05) is 88.0 Å². The number of aliphatic imine (C=N–C) groups is 2. The van der Waals surface area contributed by atoms with Crippen molar-refractivity contribution >= 4 is 81.1 Å². The molecule has 6 heterocycles. The molecule has 8 rings (SSSR count). The number of guanidine groups is 1. The first-order valence-electron chi connectivity index (χ1n) is 15.7. The topological polar surface area (TPSA) is 80.4 Å². The molecule has 2 saturated heterocycles. The molecule has 242 valence electrons. The average molecular weight is 743 g/mol. The minimum Gasteiger partial charge on any atom is -0.368 e. The first-order valence-corrected chi connectivity index (χ1v) is 17.0. The van der Waals surface area contributed by atoms with Gasteiger partial charge >= 0.3 is 0 Å². The lowest BCUT2D eigenvalue weighted by Crippen LogP contribution is -2.51. The molecule has 2 aromatic heterocycles. The van der Waals surface area contributed by atoms with Crippen LogP contribution in [0, 0.1) is 0 Å². The molecule has 4 aliphatic heterocycles. The number of hydrogen-bond acceptors (Lipinski definition) is 9. The highest BCUT2D eigenvalue weighted by molar-refractivity contribution is 14.0. The van der Waals surface area contributed by atoms with Crippen molar-refractivity contribution in [3.8, 4) is 0 Å². The first kappa shape index (κ1) is 33.4. The van der Waals surface area contributed by atoms with Gasteiger partial charge in [0, 0.05) is 131 Å². The number of piperazine rings is 2. The van der Waals surface area contributed by atoms with Gasteiger partial charge in [0.15, 0.2) is 5.96 Å². The highest BCUT2D eigenvalue weighted by Crippen LogP contribution is 2.29. The van der Waals surface area contributed by atoms with E-state index in [1.54, 1.807) is 11.8 Å². The quantitative estimate of drug-likeness (QED) is 0.276. The highest BCUT2D eigenvalue weighted by Gasteiger charge is 2.22. The van der Waals surface area contributed by atoms with Crippen molar-refractivity contribution in [1.82, 2.24) is 30.0 Å². The van der Waals surface area contributed by atoms with Crippen LogP contribution in [0.1, 0.15) is 0 Å². The summed E-state index contributed by atoms with van der Waals surface area (Å²) in [7, 11) is 4.21. The summed E-state index contributed by atoms with van der Waals surface area (Å²) in [6, 6.07) is 17.6. The zero-order valence-corrected chi connectivity index (χ0v) is 29.8. The summed E-state index contributed by atoms with van der Waals surface area (Å²) < 4.78 is 4.37. The van der Waals surface area contributed by atoms with Gasteiger partial charge in [-0.15, -0.1) is 35.7 Å². The van der Waals surface area contributed by atoms with Gasteiger partial charge in [-0.25, -0.2) is 0 Å². The van der Waals surface area contributed by atoms with E-state index in [1.807, 2.05) is 12.5 Å². The maximum Gasteiger partial charge on any atom is 0.194 e. The molecule has 45 heavy (non-hydrogen) atoms. The maximum atomic E-state index is 4.52. The van der Waals surface area contributed by atoms with Crippen LogP contribution in [-0.2, 0) is 14.1 Å². The van der Waals surface area contributed by atoms with Gasteiger partial charge in [0.05, 0.1) is 6.54 Å². The summed E-state index contributed by atoms with van der Waals surface area (Å²) in [6.07, 6.45) is 8.22. The summed E-state index contributed by atoms with van der Waals surface area (Å²) in [5.74, 6) is 1.09. The second kappa shape index (κ2) is 16.1. The molecule has 4 aromatic rings. The molecule has 0 spiro atoms. The van der Waals surface area contributed by atoms with E-state index in [4.69, 9.17) is 0 Å². The Morgan fingerprint density at radius 3 is 1.80 bits per heavy atom. The number of anilines is 2.